The monoisotopic (exact) mass is 785 g/mol. The van der Waals surface area contributed by atoms with Gasteiger partial charge in [-0.1, -0.05) is 91.8 Å². The molecule has 1 unspecified atom stereocenters. The molecule has 48 heavy (non-hydrogen) atoms. The van der Waals surface area contributed by atoms with E-state index in [1.54, 1.807) is 14.0 Å². The van der Waals surface area contributed by atoms with Crippen LogP contribution in [0.2, 0.25) is 0 Å². The molecule has 6 nitrogen and oxygen atoms in total. The zero-order valence-corrected chi connectivity index (χ0v) is 33.7. The molecule has 0 saturated carbocycles. The average molecular weight is 786 g/mol. The molecule has 0 bridgehead atoms. The van der Waals surface area contributed by atoms with Gasteiger partial charge in [-0.2, -0.15) is 6.67 Å². The van der Waals surface area contributed by atoms with E-state index >= 15 is 0 Å². The number of ether oxygens (including phenoxy) is 1. The van der Waals surface area contributed by atoms with Crippen molar-refractivity contribution < 1.29 is 27.9 Å². The van der Waals surface area contributed by atoms with Gasteiger partial charge in [0, 0.05) is 24.5 Å². The molecule has 0 aliphatic carbocycles. The van der Waals surface area contributed by atoms with Crippen LogP contribution in [0.1, 0.15) is 114 Å². The molecular formula is C39H55Cl2N3O3Ru. The maximum absolute atomic E-state index is 11.9. The van der Waals surface area contributed by atoms with Gasteiger partial charge in [-0.3, -0.25) is 0 Å². The summed E-state index contributed by atoms with van der Waals surface area (Å²) in [5.41, 5.74) is 9.52. The predicted octanol–water partition coefficient (Wildman–Crippen LogP) is 10.0. The first-order valence-corrected chi connectivity index (χ1v) is 22.2. The van der Waals surface area contributed by atoms with Crippen molar-refractivity contribution in [2.24, 2.45) is 0 Å². The van der Waals surface area contributed by atoms with E-state index in [4.69, 9.17) is 24.2 Å². The van der Waals surface area contributed by atoms with E-state index in [0.29, 0.717) is 29.4 Å². The van der Waals surface area contributed by atoms with Crippen molar-refractivity contribution in [1.82, 2.24) is 5.06 Å². The third kappa shape index (κ3) is 10.3. The summed E-state index contributed by atoms with van der Waals surface area (Å²) in [5.74, 6) is 2.54. The van der Waals surface area contributed by atoms with Crippen LogP contribution < -0.4 is 9.80 Å². The van der Waals surface area contributed by atoms with E-state index in [1.807, 2.05) is 28.9 Å². The third-order valence-electron chi connectivity index (χ3n) is 8.52. The zero-order valence-electron chi connectivity index (χ0n) is 30.4. The van der Waals surface area contributed by atoms with Crippen molar-refractivity contribution in [2.45, 2.75) is 92.1 Å². The molecule has 0 radical (unpaired) electrons. The van der Waals surface area contributed by atoms with Gasteiger partial charge in [-0.05, 0) is 45.9 Å². The number of carbonyl (C=O) groups excluding carboxylic acids is 1. The summed E-state index contributed by atoms with van der Waals surface area (Å²) >= 11 is -1.92. The Kier molecular flexibility index (Phi) is 15.4. The number of hydroxylamine groups is 2. The molecule has 3 aromatic carbocycles. The van der Waals surface area contributed by atoms with Gasteiger partial charge in [0.25, 0.3) is 0 Å². The molecule has 1 atom stereocenters. The van der Waals surface area contributed by atoms with Crippen LogP contribution in [0.3, 0.4) is 0 Å². The van der Waals surface area contributed by atoms with E-state index in [0.717, 1.165) is 23.7 Å². The Morgan fingerprint density at radius 2 is 1.19 bits per heavy atom. The molecule has 3 aromatic rings. The Hall–Kier alpha value is -2.44. The summed E-state index contributed by atoms with van der Waals surface area (Å²) in [7, 11) is 14.7. The molecule has 1 aliphatic rings. The molecule has 9 heteroatoms. The molecule has 1 heterocycles. The van der Waals surface area contributed by atoms with E-state index in [9.17, 15) is 4.79 Å². The van der Waals surface area contributed by atoms with Gasteiger partial charge in [0.1, 0.15) is 0 Å². The molecule has 0 spiro atoms. The number of carbonyl (C=O) groups is 1. The quantitative estimate of drug-likeness (QED) is 0.0841. The number of hydrogen-bond donors (Lipinski definition) is 0. The molecule has 1 saturated heterocycles. The van der Waals surface area contributed by atoms with Crippen LogP contribution in [-0.2, 0) is 23.2 Å². The fourth-order valence-electron chi connectivity index (χ4n) is 5.92. The Morgan fingerprint density at radius 3 is 1.56 bits per heavy atom. The van der Waals surface area contributed by atoms with Crippen molar-refractivity contribution in [3.8, 4) is 5.75 Å². The second-order valence-electron chi connectivity index (χ2n) is 13.4. The van der Waals surface area contributed by atoms with Gasteiger partial charge in [-0.15, -0.1) is 0 Å². The van der Waals surface area contributed by atoms with Crippen molar-refractivity contribution in [2.75, 3.05) is 37.0 Å². The maximum atomic E-state index is 11.9. The van der Waals surface area contributed by atoms with Crippen LogP contribution in [-0.4, -0.2) is 53.7 Å². The van der Waals surface area contributed by atoms with Crippen LogP contribution >= 0.6 is 19.4 Å². The third-order valence-corrected chi connectivity index (χ3v) is 10.4. The van der Waals surface area contributed by atoms with Crippen LogP contribution in [0.25, 0.3) is 0 Å². The Balaban J connectivity index is 0.000000286. The van der Waals surface area contributed by atoms with Crippen LogP contribution in [0.4, 0.5) is 11.4 Å². The summed E-state index contributed by atoms with van der Waals surface area (Å²) < 4.78 is 6.19. The van der Waals surface area contributed by atoms with Crippen molar-refractivity contribution in [3.05, 3.63) is 95.1 Å². The van der Waals surface area contributed by atoms with E-state index in [-0.39, 0.29) is 5.91 Å². The van der Waals surface area contributed by atoms with Gasteiger partial charge in [0.05, 0.1) is 0 Å². The first kappa shape index (κ1) is 40.0. The number of aromatic hydroxyl groups is 1. The van der Waals surface area contributed by atoms with Crippen molar-refractivity contribution in [1.29, 1.82) is 0 Å². The Morgan fingerprint density at radius 1 is 0.771 bits per heavy atom. The minimum atomic E-state index is -1.92. The molecule has 4 rings (SSSR count). The second kappa shape index (κ2) is 18.5. The standard InChI is InChI=1S/C27H39N2.C12H15NO3.2ClH.Ru/c1-18(2)22-11-9-12-23(19(3)4)26(22)28-15-16-29(17-28)27-24(20(5)6)13-10-14-25(27)21(7)8;1-9-7-5-6-8-11(9)16-10(2)12(14)13(3)15-4;;;/h9-14,17-21H,15-16H2,1-8H3;1,5-8,10H,2-4H3;2*1H;/q-1;;;;+2/p-1. The van der Waals surface area contributed by atoms with E-state index in [1.165, 1.54) is 40.7 Å². The summed E-state index contributed by atoms with van der Waals surface area (Å²) in [4.78, 5) is 21.7. The number of aliphatic hydroxyl groups is 1. The van der Waals surface area contributed by atoms with E-state index in [2.05, 4.69) is 113 Å². The Bertz CT molecular complexity index is 1420. The number of amides is 1. The van der Waals surface area contributed by atoms with Gasteiger partial charge in [0.2, 0.25) is 0 Å². The number of rotatable bonds is 11. The second-order valence-corrected chi connectivity index (χ2v) is 19.1. The summed E-state index contributed by atoms with van der Waals surface area (Å²) in [6.45, 7) is 24.6. The van der Waals surface area contributed by atoms with Gasteiger partial charge in [-0.25, -0.2) is 0 Å². The number of anilines is 2. The first-order chi connectivity index (χ1) is 22.7. The number of halogens is 2. The summed E-state index contributed by atoms with van der Waals surface area (Å²) in [5, 5.41) is 1.15. The number of nitrogens with zero attached hydrogens (tertiary/aromatic N) is 3. The number of benzene rings is 3. The topological polar surface area (TPSA) is 48.8 Å². The Labute approximate surface area is 302 Å². The van der Waals surface area contributed by atoms with Gasteiger partial charge >= 0.3 is 126 Å². The minimum absolute atomic E-state index is 0.219. The molecule has 266 valence electrons. The summed E-state index contributed by atoms with van der Waals surface area (Å²) in [6, 6.07) is 21.1. The van der Waals surface area contributed by atoms with Gasteiger partial charge < -0.3 is 9.80 Å². The zero-order chi connectivity index (χ0) is 35.7. The molecule has 1 amide bonds. The molecule has 0 aromatic heterocycles. The fraction of sp³-hybridized carbons (Fsp3) is 0.462. The molecular weight excluding hydrogens is 730 g/mol. The average Bonchev–Trinajstić information content (AvgIpc) is 3.53. The normalized spacial score (nSPS) is 14.0. The predicted molar refractivity (Wildman–Crippen MR) is 202 cm³/mol. The van der Waals surface area contributed by atoms with Crippen LogP contribution in [0.5, 0.6) is 5.75 Å². The SMILES string of the molecule is CC(C)c1cccc(C(C)C)c1N1[CH-]N(c2c(C(C)C)cccc2C(C)C)CC1.CON(C)C(=O)C(C)[OH+]c1ccccc1[CH]=[Ru]([Cl])[Cl]. The molecule has 1 N–H and O–H groups in total. The number of likely N-dealkylation sites (N-methyl/N-ethyl adjacent to an activating group) is 1. The van der Waals surface area contributed by atoms with Crippen LogP contribution in [0.15, 0.2) is 60.7 Å². The number of para-hydroxylation sites is 3. The molecule has 1 aliphatic heterocycles. The van der Waals surface area contributed by atoms with Crippen LogP contribution in [0, 0.1) is 6.67 Å². The number of hydrogen-bond acceptors (Lipinski definition) is 4. The van der Waals surface area contributed by atoms with E-state index < -0.39 is 19.6 Å². The molecule has 1 fully saturated rings. The fourth-order valence-corrected chi connectivity index (χ4v) is 7.73. The van der Waals surface area contributed by atoms with Crippen molar-refractivity contribution >= 4 is 41.3 Å². The first-order valence-electron chi connectivity index (χ1n) is 16.8. The van der Waals surface area contributed by atoms with Crippen molar-refractivity contribution in [3.63, 3.8) is 0 Å². The summed E-state index contributed by atoms with van der Waals surface area (Å²) in [6.07, 6.45) is -0.536. The van der Waals surface area contributed by atoms with Gasteiger partial charge in [0.15, 0.2) is 0 Å².